The van der Waals surface area contributed by atoms with Crippen LogP contribution in [0.1, 0.15) is 42.1 Å². The van der Waals surface area contributed by atoms with E-state index in [2.05, 4.69) is 5.32 Å². The number of nitrogens with one attached hydrogen (secondary N) is 1. The number of furan rings is 1. The highest BCUT2D eigenvalue weighted by molar-refractivity contribution is 5.84. The highest BCUT2D eigenvalue weighted by atomic mass is 19.4. The number of hydrogen-bond donors (Lipinski definition) is 2. The summed E-state index contributed by atoms with van der Waals surface area (Å²) in [4.78, 5) is 10.6. The van der Waals surface area contributed by atoms with Crippen LogP contribution in [0, 0.1) is 0 Å². The highest BCUT2D eigenvalue weighted by Gasteiger charge is 2.63. The minimum absolute atomic E-state index is 0.0351. The van der Waals surface area contributed by atoms with Gasteiger partial charge in [-0.3, -0.25) is 5.32 Å². The van der Waals surface area contributed by atoms with E-state index in [1.807, 2.05) is 0 Å². The molecule has 1 atom stereocenters. The van der Waals surface area contributed by atoms with Crippen LogP contribution < -0.4 is 5.32 Å². The monoisotopic (exact) mass is 263 g/mol. The lowest BCUT2D eigenvalue weighted by Crippen LogP contribution is -2.45. The van der Waals surface area contributed by atoms with Crippen LogP contribution in [0.5, 0.6) is 0 Å². The first kappa shape index (κ1) is 12.9. The van der Waals surface area contributed by atoms with E-state index < -0.39 is 23.7 Å². The van der Waals surface area contributed by atoms with E-state index in [0.717, 1.165) is 0 Å². The van der Waals surface area contributed by atoms with E-state index in [-0.39, 0.29) is 24.4 Å². The average molecular weight is 263 g/mol. The summed E-state index contributed by atoms with van der Waals surface area (Å²) >= 11 is 0. The predicted octanol–water partition coefficient (Wildman–Crippen LogP) is 2.72. The van der Waals surface area contributed by atoms with Crippen molar-refractivity contribution >= 4 is 5.97 Å². The number of carboxylic acid groups (broad SMARTS) is 1. The Morgan fingerprint density at radius 3 is 2.50 bits per heavy atom. The second-order valence-electron chi connectivity index (χ2n) is 4.45. The number of carbonyl (C=O) groups is 1. The van der Waals surface area contributed by atoms with E-state index in [1.165, 1.54) is 19.1 Å². The van der Waals surface area contributed by atoms with Crippen LogP contribution in [-0.4, -0.2) is 22.8 Å². The van der Waals surface area contributed by atoms with Gasteiger partial charge in [0.15, 0.2) is 0 Å². The maximum atomic E-state index is 12.7. The molecule has 7 heteroatoms. The number of carboxylic acids is 1. The summed E-state index contributed by atoms with van der Waals surface area (Å²) in [6.45, 7) is 1.51. The first-order chi connectivity index (χ1) is 8.25. The molecule has 1 fully saturated rings. The van der Waals surface area contributed by atoms with Crippen LogP contribution in [-0.2, 0) is 0 Å². The third-order valence-corrected chi connectivity index (χ3v) is 3.05. The second-order valence-corrected chi connectivity index (χ2v) is 4.45. The smallest absolute Gasteiger partial charge is 0.406 e. The van der Waals surface area contributed by atoms with Gasteiger partial charge in [-0.05, 0) is 31.9 Å². The van der Waals surface area contributed by atoms with Gasteiger partial charge in [0.2, 0.25) is 5.76 Å². The Morgan fingerprint density at radius 1 is 1.50 bits per heavy atom. The van der Waals surface area contributed by atoms with Crippen LogP contribution >= 0.6 is 0 Å². The summed E-state index contributed by atoms with van der Waals surface area (Å²) in [6.07, 6.45) is -4.23. The molecule has 2 N–H and O–H groups in total. The van der Waals surface area contributed by atoms with Crippen molar-refractivity contribution in [1.82, 2.24) is 5.32 Å². The van der Waals surface area contributed by atoms with Gasteiger partial charge in [0.25, 0.3) is 0 Å². The summed E-state index contributed by atoms with van der Waals surface area (Å²) in [7, 11) is 0. The molecule has 1 aliphatic rings. The SMILES string of the molecule is CC(NC1(C(F)(F)F)CC1)c1ccc(C(=O)O)o1. The van der Waals surface area contributed by atoms with E-state index in [1.54, 1.807) is 0 Å². The molecule has 18 heavy (non-hydrogen) atoms. The molecule has 0 saturated heterocycles. The molecule has 1 aliphatic carbocycles. The molecule has 0 amide bonds. The molecule has 4 nitrogen and oxygen atoms in total. The number of halogens is 3. The van der Waals surface area contributed by atoms with Crippen LogP contribution in [0.4, 0.5) is 13.2 Å². The van der Waals surface area contributed by atoms with Crippen LogP contribution in [0.25, 0.3) is 0 Å². The lowest BCUT2D eigenvalue weighted by molar-refractivity contribution is -0.168. The van der Waals surface area contributed by atoms with Gasteiger partial charge in [0.1, 0.15) is 11.3 Å². The molecule has 100 valence electrons. The van der Waals surface area contributed by atoms with Crippen molar-refractivity contribution in [3.05, 3.63) is 23.7 Å². The van der Waals surface area contributed by atoms with E-state index in [9.17, 15) is 18.0 Å². The number of hydrogen-bond acceptors (Lipinski definition) is 3. The zero-order chi connectivity index (χ0) is 13.6. The number of aromatic carboxylic acids is 1. The van der Waals surface area contributed by atoms with Gasteiger partial charge < -0.3 is 9.52 Å². The highest BCUT2D eigenvalue weighted by Crippen LogP contribution is 2.50. The molecule has 0 spiro atoms. The third-order valence-electron chi connectivity index (χ3n) is 3.05. The van der Waals surface area contributed by atoms with Gasteiger partial charge in [0, 0.05) is 0 Å². The van der Waals surface area contributed by atoms with Crippen LogP contribution in [0.3, 0.4) is 0 Å². The van der Waals surface area contributed by atoms with Gasteiger partial charge in [-0.1, -0.05) is 0 Å². The summed E-state index contributed by atoms with van der Waals surface area (Å²) in [5.41, 5.74) is -1.84. The van der Waals surface area contributed by atoms with Crippen LogP contribution in [0.2, 0.25) is 0 Å². The Bertz CT molecular complexity index is 462. The molecule has 0 aromatic carbocycles. The largest absolute Gasteiger partial charge is 0.475 e. The average Bonchev–Trinajstić information content (AvgIpc) is 2.87. The van der Waals surface area contributed by atoms with Crippen molar-refractivity contribution < 1.29 is 27.5 Å². The zero-order valence-corrected chi connectivity index (χ0v) is 9.54. The van der Waals surface area contributed by atoms with Crippen molar-refractivity contribution in [2.45, 2.75) is 37.5 Å². The van der Waals surface area contributed by atoms with E-state index >= 15 is 0 Å². The summed E-state index contributed by atoms with van der Waals surface area (Å²) in [5.74, 6) is -1.34. The first-order valence-corrected chi connectivity index (χ1v) is 5.43. The molecule has 0 bridgehead atoms. The molecule has 0 radical (unpaired) electrons. The third kappa shape index (κ3) is 2.22. The summed E-state index contributed by atoms with van der Waals surface area (Å²) in [6, 6.07) is 1.90. The predicted molar refractivity (Wildman–Crippen MR) is 55.2 cm³/mol. The van der Waals surface area contributed by atoms with Gasteiger partial charge in [0.05, 0.1) is 6.04 Å². The molecular weight excluding hydrogens is 251 g/mol. The maximum absolute atomic E-state index is 12.7. The van der Waals surface area contributed by atoms with E-state index in [4.69, 9.17) is 9.52 Å². The normalized spacial score (nSPS) is 19.6. The molecular formula is C11H12F3NO3. The fourth-order valence-corrected chi connectivity index (χ4v) is 1.82. The Balaban J connectivity index is 2.08. The Labute approximate surface area is 101 Å². The van der Waals surface area contributed by atoms with Gasteiger partial charge >= 0.3 is 12.1 Å². The summed E-state index contributed by atoms with van der Waals surface area (Å²) in [5, 5.41) is 11.1. The van der Waals surface area contributed by atoms with Crippen molar-refractivity contribution in [3.8, 4) is 0 Å². The minimum atomic E-state index is -4.30. The number of rotatable bonds is 4. The van der Waals surface area contributed by atoms with Gasteiger partial charge in [-0.2, -0.15) is 13.2 Å². The quantitative estimate of drug-likeness (QED) is 0.876. The Kier molecular flexibility index (Phi) is 2.89. The van der Waals surface area contributed by atoms with Crippen molar-refractivity contribution in [3.63, 3.8) is 0 Å². The fraction of sp³-hybridized carbons (Fsp3) is 0.545. The zero-order valence-electron chi connectivity index (χ0n) is 9.54. The molecule has 1 aromatic heterocycles. The van der Waals surface area contributed by atoms with Crippen molar-refractivity contribution in [2.75, 3.05) is 0 Å². The Hall–Kier alpha value is -1.50. The lowest BCUT2D eigenvalue weighted by atomic mass is 10.2. The molecule has 1 saturated carbocycles. The first-order valence-electron chi connectivity index (χ1n) is 5.43. The topological polar surface area (TPSA) is 62.5 Å². The standard InChI is InChI=1S/C11H12F3NO3/c1-6(7-2-3-8(18-7)9(16)17)15-10(4-5-10)11(12,13)14/h2-3,6,15H,4-5H2,1H3,(H,16,17). The molecule has 1 unspecified atom stereocenters. The van der Waals surface area contributed by atoms with Gasteiger partial charge in [-0.15, -0.1) is 0 Å². The minimum Gasteiger partial charge on any atom is -0.475 e. The van der Waals surface area contributed by atoms with Gasteiger partial charge in [-0.25, -0.2) is 4.79 Å². The number of alkyl halides is 3. The second kappa shape index (κ2) is 4.01. The van der Waals surface area contributed by atoms with Crippen molar-refractivity contribution in [2.24, 2.45) is 0 Å². The molecule has 1 aromatic rings. The molecule has 1 heterocycles. The fourth-order valence-electron chi connectivity index (χ4n) is 1.82. The summed E-state index contributed by atoms with van der Waals surface area (Å²) < 4.78 is 43.1. The van der Waals surface area contributed by atoms with E-state index in [0.29, 0.717) is 0 Å². The molecule has 2 rings (SSSR count). The Morgan fingerprint density at radius 2 is 2.11 bits per heavy atom. The maximum Gasteiger partial charge on any atom is 0.406 e. The molecule has 0 aliphatic heterocycles. The lowest BCUT2D eigenvalue weighted by Gasteiger charge is -2.24. The van der Waals surface area contributed by atoms with Crippen molar-refractivity contribution in [1.29, 1.82) is 0 Å². The van der Waals surface area contributed by atoms with Crippen LogP contribution in [0.15, 0.2) is 16.5 Å².